The molecule has 1 fully saturated rings. The van der Waals surface area contributed by atoms with E-state index in [1.807, 2.05) is 50.2 Å². The summed E-state index contributed by atoms with van der Waals surface area (Å²) in [6, 6.07) is 11.9. The van der Waals surface area contributed by atoms with E-state index < -0.39 is 17.7 Å². The summed E-state index contributed by atoms with van der Waals surface area (Å²) in [7, 11) is 5.36. The van der Waals surface area contributed by atoms with E-state index in [1.165, 1.54) is 4.90 Å². The van der Waals surface area contributed by atoms with Crippen molar-refractivity contribution in [2.45, 2.75) is 25.5 Å². The van der Waals surface area contributed by atoms with E-state index in [4.69, 9.17) is 9.47 Å². The van der Waals surface area contributed by atoms with Gasteiger partial charge in [-0.3, -0.25) is 9.59 Å². The summed E-state index contributed by atoms with van der Waals surface area (Å²) < 4.78 is 11.3. The van der Waals surface area contributed by atoms with Crippen LogP contribution in [0.5, 0.6) is 11.5 Å². The zero-order chi connectivity index (χ0) is 23.0. The number of hydrogen-bond acceptors (Lipinski definition) is 6. The monoisotopic (exact) mass is 436 g/mol. The number of amides is 1. The van der Waals surface area contributed by atoms with Crippen LogP contribution in [0.25, 0.3) is 5.76 Å². The summed E-state index contributed by atoms with van der Waals surface area (Å²) in [6.07, 6.45) is 0.788. The fourth-order valence-electron chi connectivity index (χ4n) is 4.36. The number of rotatable bonds is 6. The van der Waals surface area contributed by atoms with E-state index in [1.54, 1.807) is 25.3 Å². The molecule has 2 aromatic carbocycles. The molecule has 2 atom stereocenters. The average Bonchev–Trinajstić information content (AvgIpc) is 3.27. The first-order chi connectivity index (χ1) is 15.3. The lowest BCUT2D eigenvalue weighted by Gasteiger charge is -2.27. The van der Waals surface area contributed by atoms with Crippen LogP contribution in [0.1, 0.15) is 29.7 Å². The molecule has 0 saturated carbocycles. The average molecular weight is 437 g/mol. The van der Waals surface area contributed by atoms with Gasteiger partial charge in [0.15, 0.2) is 0 Å². The number of nitrogens with zero attached hydrogens (tertiary/aromatic N) is 2. The maximum absolute atomic E-state index is 13.2. The fraction of sp³-hybridized carbons (Fsp3) is 0.360. The molecule has 1 N–H and O–H groups in total. The third kappa shape index (κ3) is 3.84. The number of Topliss-reactive ketones (excluding diaryl/α,β-unsaturated/α-hetero) is 1. The first kappa shape index (κ1) is 21.9. The fourth-order valence-corrected chi connectivity index (χ4v) is 4.36. The molecule has 2 heterocycles. The van der Waals surface area contributed by atoms with Crippen molar-refractivity contribution in [3.63, 3.8) is 0 Å². The number of ketones is 1. The lowest BCUT2D eigenvalue weighted by molar-refractivity contribution is -0.140. The molecule has 7 nitrogen and oxygen atoms in total. The topological polar surface area (TPSA) is 79.3 Å². The molecule has 7 heteroatoms. The number of likely N-dealkylation sites (N-methyl/N-ethyl adjacent to an activating group) is 1. The minimum Gasteiger partial charge on any atom is -0.507 e. The van der Waals surface area contributed by atoms with Crippen LogP contribution in [-0.2, 0) is 16.0 Å². The Hall–Kier alpha value is -3.32. The van der Waals surface area contributed by atoms with Crippen LogP contribution in [0, 0.1) is 0 Å². The molecule has 0 aliphatic carbocycles. The maximum atomic E-state index is 13.2. The second-order valence-electron chi connectivity index (χ2n) is 8.49. The Morgan fingerprint density at radius 3 is 2.69 bits per heavy atom. The van der Waals surface area contributed by atoms with Gasteiger partial charge in [-0.25, -0.2) is 0 Å². The van der Waals surface area contributed by atoms with Gasteiger partial charge in [0, 0.05) is 30.6 Å². The Balaban J connectivity index is 1.85. The standard InChI is InChI=1S/C25H28N2O5/c1-15-13-17-14-16(9-10-19(17)32-15)23(28)21-22(18-7-5-6-8-20(18)31-4)27(12-11-26(2)3)25(30)24(21)29/h5-10,14-15,22,28H,11-13H2,1-4H3/b23-21+. The molecule has 0 spiro atoms. The Morgan fingerprint density at radius 2 is 1.97 bits per heavy atom. The van der Waals surface area contributed by atoms with E-state index in [0.29, 0.717) is 30.0 Å². The molecule has 0 bridgehead atoms. The Kier molecular flexibility index (Phi) is 5.93. The van der Waals surface area contributed by atoms with Crippen molar-refractivity contribution in [1.29, 1.82) is 0 Å². The molecule has 2 aliphatic heterocycles. The summed E-state index contributed by atoms with van der Waals surface area (Å²) in [4.78, 5) is 29.6. The van der Waals surface area contributed by atoms with Gasteiger partial charge in [0.25, 0.3) is 11.7 Å². The number of aliphatic hydroxyl groups is 1. The minimum atomic E-state index is -0.741. The van der Waals surface area contributed by atoms with E-state index in [2.05, 4.69) is 0 Å². The first-order valence-electron chi connectivity index (χ1n) is 10.7. The van der Waals surface area contributed by atoms with E-state index in [-0.39, 0.29) is 17.4 Å². The van der Waals surface area contributed by atoms with Crippen LogP contribution < -0.4 is 9.47 Å². The Bertz CT molecular complexity index is 1090. The highest BCUT2D eigenvalue weighted by atomic mass is 16.5. The molecule has 2 aliphatic rings. The second kappa shape index (κ2) is 8.67. The van der Waals surface area contributed by atoms with Crippen molar-refractivity contribution in [3.05, 3.63) is 64.7 Å². The number of para-hydroxylation sites is 1. The van der Waals surface area contributed by atoms with Crippen LogP contribution in [-0.4, -0.2) is 67.0 Å². The van der Waals surface area contributed by atoms with Crippen LogP contribution in [0.3, 0.4) is 0 Å². The van der Waals surface area contributed by atoms with Gasteiger partial charge < -0.3 is 24.4 Å². The van der Waals surface area contributed by atoms with Crippen LogP contribution >= 0.6 is 0 Å². The van der Waals surface area contributed by atoms with Crippen molar-refractivity contribution in [2.75, 3.05) is 34.3 Å². The number of hydrogen-bond donors (Lipinski definition) is 1. The summed E-state index contributed by atoms with van der Waals surface area (Å²) >= 11 is 0. The van der Waals surface area contributed by atoms with Crippen LogP contribution in [0.4, 0.5) is 0 Å². The van der Waals surface area contributed by atoms with Gasteiger partial charge >= 0.3 is 0 Å². The number of methoxy groups -OCH3 is 1. The normalized spacial score (nSPS) is 21.7. The molecule has 0 aromatic heterocycles. The van der Waals surface area contributed by atoms with Crippen LogP contribution in [0.2, 0.25) is 0 Å². The van der Waals surface area contributed by atoms with Crippen molar-refractivity contribution in [2.24, 2.45) is 0 Å². The van der Waals surface area contributed by atoms with Gasteiger partial charge in [0.05, 0.1) is 18.7 Å². The number of benzene rings is 2. The molecular formula is C25H28N2O5. The van der Waals surface area contributed by atoms with Gasteiger partial charge in [-0.2, -0.15) is 0 Å². The molecule has 4 rings (SSSR count). The molecular weight excluding hydrogens is 408 g/mol. The van der Waals surface area contributed by atoms with Gasteiger partial charge in [-0.1, -0.05) is 18.2 Å². The zero-order valence-electron chi connectivity index (χ0n) is 18.8. The summed E-state index contributed by atoms with van der Waals surface area (Å²) in [6.45, 7) is 2.90. The summed E-state index contributed by atoms with van der Waals surface area (Å²) in [5.74, 6) is -0.170. The third-order valence-electron chi connectivity index (χ3n) is 5.93. The highest BCUT2D eigenvalue weighted by molar-refractivity contribution is 6.46. The van der Waals surface area contributed by atoms with E-state index in [9.17, 15) is 14.7 Å². The summed E-state index contributed by atoms with van der Waals surface area (Å²) in [5, 5.41) is 11.3. The number of carbonyl (C=O) groups excluding carboxylic acids is 2. The first-order valence-corrected chi connectivity index (χ1v) is 10.7. The lowest BCUT2D eigenvalue weighted by Crippen LogP contribution is -2.35. The van der Waals surface area contributed by atoms with Gasteiger partial charge in [0.1, 0.15) is 23.4 Å². The molecule has 1 saturated heterocycles. The minimum absolute atomic E-state index is 0.0626. The highest BCUT2D eigenvalue weighted by Crippen LogP contribution is 2.43. The van der Waals surface area contributed by atoms with E-state index in [0.717, 1.165) is 17.7 Å². The summed E-state index contributed by atoms with van der Waals surface area (Å²) in [5.41, 5.74) is 2.20. The SMILES string of the molecule is COc1ccccc1C1/C(=C(\O)c2ccc3c(c2)CC(C)O3)C(=O)C(=O)N1CCN(C)C. The third-order valence-corrected chi connectivity index (χ3v) is 5.93. The largest absolute Gasteiger partial charge is 0.507 e. The highest BCUT2D eigenvalue weighted by Gasteiger charge is 2.46. The maximum Gasteiger partial charge on any atom is 0.295 e. The Labute approximate surface area is 187 Å². The number of fused-ring (bicyclic) bond motifs is 1. The Morgan fingerprint density at radius 1 is 1.22 bits per heavy atom. The van der Waals surface area contributed by atoms with Crippen molar-refractivity contribution in [1.82, 2.24) is 9.80 Å². The quantitative estimate of drug-likeness (QED) is 0.426. The van der Waals surface area contributed by atoms with Gasteiger partial charge in [0.2, 0.25) is 0 Å². The van der Waals surface area contributed by atoms with Crippen molar-refractivity contribution < 1.29 is 24.2 Å². The lowest BCUT2D eigenvalue weighted by atomic mass is 9.94. The number of carbonyl (C=O) groups is 2. The molecule has 1 amide bonds. The van der Waals surface area contributed by atoms with Gasteiger partial charge in [-0.05, 0) is 50.8 Å². The van der Waals surface area contributed by atoms with Gasteiger partial charge in [-0.15, -0.1) is 0 Å². The van der Waals surface area contributed by atoms with E-state index >= 15 is 0 Å². The predicted molar refractivity (Wildman–Crippen MR) is 121 cm³/mol. The van der Waals surface area contributed by atoms with Crippen LogP contribution in [0.15, 0.2) is 48.0 Å². The number of aliphatic hydroxyl groups excluding tert-OH is 1. The smallest absolute Gasteiger partial charge is 0.295 e. The molecule has 32 heavy (non-hydrogen) atoms. The number of likely N-dealkylation sites (tertiary alicyclic amines) is 1. The molecule has 0 radical (unpaired) electrons. The second-order valence-corrected chi connectivity index (χ2v) is 8.49. The molecule has 168 valence electrons. The number of ether oxygens (including phenoxy) is 2. The van der Waals surface area contributed by atoms with Crippen molar-refractivity contribution in [3.8, 4) is 11.5 Å². The van der Waals surface area contributed by atoms with Crippen molar-refractivity contribution >= 4 is 17.4 Å². The molecule has 2 aromatic rings. The zero-order valence-corrected chi connectivity index (χ0v) is 18.8. The predicted octanol–water partition coefficient (Wildman–Crippen LogP) is 3.00. The molecule has 2 unspecified atom stereocenters.